The molecule has 1 aliphatic rings. The average Bonchev–Trinajstić information content (AvgIpc) is 2.34. The Bertz CT molecular complexity index is 202. The van der Waals surface area contributed by atoms with Crippen LogP contribution in [-0.2, 0) is 4.79 Å². The summed E-state index contributed by atoms with van der Waals surface area (Å²) in [5, 5.41) is 8.57. The van der Waals surface area contributed by atoms with Gasteiger partial charge in [0.1, 0.15) is 0 Å². The molecule has 1 fully saturated rings. The number of carbonyl (C=O) groups excluding carboxylic acids is 1. The van der Waals surface area contributed by atoms with E-state index >= 15 is 0 Å². The Balaban J connectivity index is 2.55. The Hall–Kier alpha value is -1.06. The molecule has 1 N–H and O–H groups in total. The average molecular weight is 171 g/mol. The van der Waals surface area contributed by atoms with Crippen LogP contribution in [0.1, 0.15) is 26.2 Å². The Labute approximate surface area is 71.2 Å². The molecule has 1 atom stereocenters. The van der Waals surface area contributed by atoms with Crippen LogP contribution in [0.25, 0.3) is 0 Å². The monoisotopic (exact) mass is 171 g/mol. The van der Waals surface area contributed by atoms with E-state index in [9.17, 15) is 9.59 Å². The van der Waals surface area contributed by atoms with Gasteiger partial charge in [0.25, 0.3) is 0 Å². The summed E-state index contributed by atoms with van der Waals surface area (Å²) in [7, 11) is 0. The third-order valence-electron chi connectivity index (χ3n) is 2.18. The molecule has 12 heavy (non-hydrogen) atoms. The number of hydrogen-bond donors (Lipinski definition) is 1. The number of likely N-dealkylation sites (tertiary alicyclic amines) is 1. The zero-order valence-electron chi connectivity index (χ0n) is 7.12. The van der Waals surface area contributed by atoms with Crippen LogP contribution in [0.15, 0.2) is 0 Å². The Morgan fingerprint density at radius 1 is 1.75 bits per heavy atom. The predicted molar refractivity (Wildman–Crippen MR) is 42.8 cm³/mol. The fourth-order valence-electron chi connectivity index (χ4n) is 1.55. The van der Waals surface area contributed by atoms with Gasteiger partial charge in [-0.2, -0.15) is 0 Å². The molecule has 2 amide bonds. The van der Waals surface area contributed by atoms with Crippen molar-refractivity contribution in [2.75, 3.05) is 6.54 Å². The molecule has 68 valence electrons. The minimum Gasteiger partial charge on any atom is -0.465 e. The number of amides is 2. The van der Waals surface area contributed by atoms with E-state index in [-0.39, 0.29) is 11.8 Å². The summed E-state index contributed by atoms with van der Waals surface area (Å²) >= 11 is 0. The third kappa shape index (κ3) is 1.57. The van der Waals surface area contributed by atoms with Crippen molar-refractivity contribution in [1.29, 1.82) is 0 Å². The molecule has 0 aliphatic carbocycles. The maximum absolute atomic E-state index is 11.3. The number of carboxylic acid groups (broad SMARTS) is 1. The maximum Gasteiger partial charge on any atom is 0.414 e. The van der Waals surface area contributed by atoms with Crippen molar-refractivity contribution in [3.63, 3.8) is 0 Å². The number of imide groups is 1. The first-order valence-corrected chi connectivity index (χ1v) is 4.21. The molecular weight excluding hydrogens is 158 g/mol. The Morgan fingerprint density at radius 2 is 2.42 bits per heavy atom. The number of carbonyl (C=O) groups is 2. The van der Waals surface area contributed by atoms with Crippen LogP contribution in [0.3, 0.4) is 0 Å². The first-order chi connectivity index (χ1) is 5.66. The summed E-state index contributed by atoms with van der Waals surface area (Å²) in [5.41, 5.74) is 0. The quantitative estimate of drug-likeness (QED) is 0.681. The minimum atomic E-state index is -1.11. The van der Waals surface area contributed by atoms with Crippen molar-refractivity contribution in [3.05, 3.63) is 0 Å². The van der Waals surface area contributed by atoms with Crippen LogP contribution >= 0.6 is 0 Å². The molecule has 1 aliphatic heterocycles. The van der Waals surface area contributed by atoms with Gasteiger partial charge < -0.3 is 5.11 Å². The van der Waals surface area contributed by atoms with Crippen molar-refractivity contribution in [2.45, 2.75) is 26.2 Å². The van der Waals surface area contributed by atoms with E-state index in [1.807, 2.05) is 6.92 Å². The van der Waals surface area contributed by atoms with E-state index in [0.29, 0.717) is 13.0 Å². The summed E-state index contributed by atoms with van der Waals surface area (Å²) in [5.74, 6) is -0.268. The van der Waals surface area contributed by atoms with Gasteiger partial charge in [-0.1, -0.05) is 13.3 Å². The van der Waals surface area contributed by atoms with Gasteiger partial charge in [0, 0.05) is 12.5 Å². The molecule has 4 heteroatoms. The SMILES string of the molecule is CCCC1CCN(C(=O)O)C1=O. The van der Waals surface area contributed by atoms with Crippen molar-refractivity contribution >= 4 is 12.0 Å². The van der Waals surface area contributed by atoms with Crippen LogP contribution in [0.2, 0.25) is 0 Å². The summed E-state index contributed by atoms with van der Waals surface area (Å²) in [4.78, 5) is 22.7. The lowest BCUT2D eigenvalue weighted by atomic mass is 10.0. The summed E-state index contributed by atoms with van der Waals surface area (Å²) in [6.45, 7) is 2.37. The normalized spacial score (nSPS) is 23.2. The minimum absolute atomic E-state index is 0.0499. The number of rotatable bonds is 2. The van der Waals surface area contributed by atoms with Gasteiger partial charge in [0.2, 0.25) is 5.91 Å². The van der Waals surface area contributed by atoms with Crippen molar-refractivity contribution in [1.82, 2.24) is 4.90 Å². The fraction of sp³-hybridized carbons (Fsp3) is 0.750. The second-order valence-electron chi connectivity index (χ2n) is 3.05. The largest absolute Gasteiger partial charge is 0.465 e. The second-order valence-corrected chi connectivity index (χ2v) is 3.05. The highest BCUT2D eigenvalue weighted by molar-refractivity contribution is 5.94. The van der Waals surface area contributed by atoms with Crippen molar-refractivity contribution in [3.8, 4) is 0 Å². The second kappa shape index (κ2) is 3.56. The highest BCUT2D eigenvalue weighted by Crippen LogP contribution is 2.22. The molecule has 1 rings (SSSR count). The number of nitrogens with zero attached hydrogens (tertiary/aromatic N) is 1. The van der Waals surface area contributed by atoms with Crippen molar-refractivity contribution < 1.29 is 14.7 Å². The van der Waals surface area contributed by atoms with Crippen LogP contribution in [0, 0.1) is 5.92 Å². The molecule has 0 aromatic carbocycles. The summed E-state index contributed by atoms with van der Waals surface area (Å²) in [6.07, 6.45) is 1.32. The maximum atomic E-state index is 11.3. The molecule has 0 radical (unpaired) electrons. The molecule has 0 spiro atoms. The van der Waals surface area contributed by atoms with Crippen LogP contribution in [-0.4, -0.2) is 28.6 Å². The van der Waals surface area contributed by atoms with E-state index in [1.54, 1.807) is 0 Å². The molecule has 0 saturated carbocycles. The van der Waals surface area contributed by atoms with Gasteiger partial charge in [-0.3, -0.25) is 4.79 Å². The summed E-state index contributed by atoms with van der Waals surface area (Å²) in [6, 6.07) is 0. The molecular formula is C8H13NO3. The van der Waals surface area contributed by atoms with E-state index in [4.69, 9.17) is 5.11 Å². The highest BCUT2D eigenvalue weighted by atomic mass is 16.4. The molecule has 1 saturated heterocycles. The smallest absolute Gasteiger partial charge is 0.414 e. The highest BCUT2D eigenvalue weighted by Gasteiger charge is 2.34. The molecule has 0 bridgehead atoms. The van der Waals surface area contributed by atoms with Crippen LogP contribution < -0.4 is 0 Å². The topological polar surface area (TPSA) is 57.6 Å². The lowest BCUT2D eigenvalue weighted by Crippen LogP contribution is -2.32. The molecule has 0 aromatic heterocycles. The predicted octanol–water partition coefficient (Wildman–Crippen LogP) is 1.31. The van der Waals surface area contributed by atoms with E-state index < -0.39 is 6.09 Å². The van der Waals surface area contributed by atoms with Gasteiger partial charge in [-0.25, -0.2) is 9.69 Å². The van der Waals surface area contributed by atoms with E-state index in [2.05, 4.69) is 0 Å². The van der Waals surface area contributed by atoms with Gasteiger partial charge in [0.05, 0.1) is 0 Å². The lowest BCUT2D eigenvalue weighted by Gasteiger charge is -2.09. The zero-order valence-corrected chi connectivity index (χ0v) is 7.12. The lowest BCUT2D eigenvalue weighted by molar-refractivity contribution is -0.129. The van der Waals surface area contributed by atoms with Gasteiger partial charge in [0.15, 0.2) is 0 Å². The zero-order chi connectivity index (χ0) is 9.14. The number of hydrogen-bond acceptors (Lipinski definition) is 2. The van der Waals surface area contributed by atoms with Gasteiger partial charge in [-0.05, 0) is 12.8 Å². The van der Waals surface area contributed by atoms with Gasteiger partial charge >= 0.3 is 6.09 Å². The fourth-order valence-corrected chi connectivity index (χ4v) is 1.55. The Morgan fingerprint density at radius 3 is 2.83 bits per heavy atom. The molecule has 1 heterocycles. The summed E-state index contributed by atoms with van der Waals surface area (Å²) < 4.78 is 0. The van der Waals surface area contributed by atoms with E-state index in [0.717, 1.165) is 17.7 Å². The van der Waals surface area contributed by atoms with Crippen LogP contribution in [0.4, 0.5) is 4.79 Å². The van der Waals surface area contributed by atoms with E-state index in [1.165, 1.54) is 0 Å². The Kier molecular flexibility index (Phi) is 2.68. The van der Waals surface area contributed by atoms with Crippen LogP contribution in [0.5, 0.6) is 0 Å². The standard InChI is InChI=1S/C8H13NO3/c1-2-3-6-4-5-9(7(6)10)8(11)12/h6H,2-5H2,1H3,(H,11,12). The molecule has 1 unspecified atom stereocenters. The first kappa shape index (κ1) is 9.03. The molecule has 4 nitrogen and oxygen atoms in total. The van der Waals surface area contributed by atoms with Crippen molar-refractivity contribution in [2.24, 2.45) is 5.92 Å². The third-order valence-corrected chi connectivity index (χ3v) is 2.18. The molecule has 0 aromatic rings. The van der Waals surface area contributed by atoms with Gasteiger partial charge in [-0.15, -0.1) is 0 Å². The first-order valence-electron chi connectivity index (χ1n) is 4.21.